The van der Waals surface area contributed by atoms with Crippen molar-refractivity contribution in [1.82, 2.24) is 9.88 Å². The first-order chi connectivity index (χ1) is 10.1. The number of nitro groups is 1. The fourth-order valence-corrected chi connectivity index (χ4v) is 2.28. The van der Waals surface area contributed by atoms with E-state index >= 15 is 0 Å². The molecule has 0 aliphatic rings. The van der Waals surface area contributed by atoms with Crippen molar-refractivity contribution in [3.8, 4) is 0 Å². The van der Waals surface area contributed by atoms with Gasteiger partial charge in [-0.15, -0.1) is 0 Å². The van der Waals surface area contributed by atoms with Crippen molar-refractivity contribution >= 4 is 5.69 Å². The Hall–Kier alpha value is -2.14. The molecule has 0 spiro atoms. The van der Waals surface area contributed by atoms with Gasteiger partial charge in [0.1, 0.15) is 0 Å². The maximum Gasteiger partial charge on any atom is 0.272 e. The molecule has 0 aliphatic heterocycles. The molecule has 5 nitrogen and oxygen atoms in total. The lowest BCUT2D eigenvalue weighted by Gasteiger charge is -2.12. The molecule has 2 aromatic rings. The van der Waals surface area contributed by atoms with Crippen LogP contribution in [0.4, 0.5) is 5.69 Å². The molecule has 0 saturated heterocycles. The Bertz CT molecular complexity index is 605. The molecule has 1 aromatic carbocycles. The van der Waals surface area contributed by atoms with Crippen molar-refractivity contribution in [2.75, 3.05) is 0 Å². The van der Waals surface area contributed by atoms with Crippen molar-refractivity contribution in [2.45, 2.75) is 39.4 Å². The fraction of sp³-hybridized carbons (Fsp3) is 0.375. The van der Waals surface area contributed by atoms with Gasteiger partial charge in [0.2, 0.25) is 0 Å². The quantitative estimate of drug-likeness (QED) is 0.628. The number of rotatable bonds is 7. The molecule has 1 heterocycles. The molecule has 0 radical (unpaired) electrons. The Morgan fingerprint density at radius 1 is 1.24 bits per heavy atom. The molecule has 2 rings (SSSR count). The van der Waals surface area contributed by atoms with Crippen molar-refractivity contribution in [3.63, 3.8) is 0 Å². The summed E-state index contributed by atoms with van der Waals surface area (Å²) in [7, 11) is 0. The summed E-state index contributed by atoms with van der Waals surface area (Å²) in [4.78, 5) is 10.7. The average Bonchev–Trinajstić information content (AvgIpc) is 2.90. The van der Waals surface area contributed by atoms with Gasteiger partial charge in [-0.1, -0.05) is 32.0 Å². The molecule has 1 N–H and O–H groups in total. The van der Waals surface area contributed by atoms with E-state index in [1.165, 1.54) is 5.69 Å². The molecular weight excluding hydrogens is 266 g/mol. The lowest BCUT2D eigenvalue weighted by molar-refractivity contribution is -0.385. The minimum atomic E-state index is -0.313. The highest BCUT2D eigenvalue weighted by Crippen LogP contribution is 2.19. The molecule has 0 saturated carbocycles. The van der Waals surface area contributed by atoms with E-state index in [1.54, 1.807) is 12.1 Å². The number of hydrogen-bond acceptors (Lipinski definition) is 3. The number of nitrogens with one attached hydrogen (secondary N) is 1. The van der Waals surface area contributed by atoms with Crippen LogP contribution in [0, 0.1) is 10.1 Å². The Balaban J connectivity index is 2.04. The van der Waals surface area contributed by atoms with Crippen LogP contribution < -0.4 is 5.32 Å². The lowest BCUT2D eigenvalue weighted by atomic mass is 10.1. The van der Waals surface area contributed by atoms with Gasteiger partial charge in [0.05, 0.1) is 4.92 Å². The SMILES string of the molecule is CC(C)NCc1cccn1CCc1ccccc1[N+](=O)[O-]. The molecule has 0 unspecified atom stereocenters. The van der Waals surface area contributed by atoms with E-state index < -0.39 is 0 Å². The number of aryl methyl sites for hydroxylation is 2. The number of hydrogen-bond donors (Lipinski definition) is 1. The van der Waals surface area contributed by atoms with Crippen LogP contribution in [0.25, 0.3) is 0 Å². The highest BCUT2D eigenvalue weighted by atomic mass is 16.6. The smallest absolute Gasteiger partial charge is 0.272 e. The third kappa shape index (κ3) is 4.16. The summed E-state index contributed by atoms with van der Waals surface area (Å²) in [5.41, 5.74) is 2.17. The summed E-state index contributed by atoms with van der Waals surface area (Å²) in [5, 5.41) is 14.4. The van der Waals surface area contributed by atoms with E-state index in [2.05, 4.69) is 29.8 Å². The zero-order valence-corrected chi connectivity index (χ0v) is 12.5. The van der Waals surface area contributed by atoms with Crippen LogP contribution in [0.3, 0.4) is 0 Å². The van der Waals surface area contributed by atoms with E-state index in [9.17, 15) is 10.1 Å². The lowest BCUT2D eigenvalue weighted by Crippen LogP contribution is -2.23. The predicted molar refractivity (Wildman–Crippen MR) is 83.2 cm³/mol. The molecule has 21 heavy (non-hydrogen) atoms. The summed E-state index contributed by atoms with van der Waals surface area (Å²) in [6.07, 6.45) is 2.67. The monoisotopic (exact) mass is 287 g/mol. The van der Waals surface area contributed by atoms with Gasteiger partial charge in [0.15, 0.2) is 0 Å². The summed E-state index contributed by atoms with van der Waals surface area (Å²) in [6.45, 7) is 5.77. The largest absolute Gasteiger partial charge is 0.350 e. The third-order valence-corrected chi connectivity index (χ3v) is 3.43. The summed E-state index contributed by atoms with van der Waals surface area (Å²) < 4.78 is 2.14. The first kappa shape index (κ1) is 15.3. The first-order valence-electron chi connectivity index (χ1n) is 7.17. The van der Waals surface area contributed by atoms with Gasteiger partial charge in [0.25, 0.3) is 5.69 Å². The average molecular weight is 287 g/mol. The van der Waals surface area contributed by atoms with Gasteiger partial charge in [-0.2, -0.15) is 0 Å². The predicted octanol–water partition coefficient (Wildman–Crippen LogP) is 3.14. The fourth-order valence-electron chi connectivity index (χ4n) is 2.28. The molecule has 0 atom stereocenters. The van der Waals surface area contributed by atoms with Crippen molar-refractivity contribution in [3.05, 3.63) is 64.0 Å². The number of para-hydroxylation sites is 1. The molecule has 0 aliphatic carbocycles. The number of aromatic nitrogens is 1. The van der Waals surface area contributed by atoms with E-state index in [0.717, 1.165) is 18.7 Å². The van der Waals surface area contributed by atoms with Crippen LogP contribution in [0.2, 0.25) is 0 Å². The number of benzene rings is 1. The maximum atomic E-state index is 11.0. The van der Waals surface area contributed by atoms with Gasteiger partial charge in [-0.3, -0.25) is 10.1 Å². The summed E-state index contributed by atoms with van der Waals surface area (Å²) >= 11 is 0. The van der Waals surface area contributed by atoms with Crippen LogP contribution in [0.1, 0.15) is 25.1 Å². The van der Waals surface area contributed by atoms with E-state index in [-0.39, 0.29) is 10.6 Å². The van der Waals surface area contributed by atoms with Crippen LogP contribution in [-0.2, 0) is 19.5 Å². The molecular formula is C16H21N3O2. The number of nitro benzene ring substituents is 1. The molecule has 0 bridgehead atoms. The second kappa shape index (κ2) is 7.04. The standard InChI is InChI=1S/C16H21N3O2/c1-13(2)17-12-15-7-5-10-18(15)11-9-14-6-3-4-8-16(14)19(20)21/h3-8,10,13,17H,9,11-12H2,1-2H3. The topological polar surface area (TPSA) is 60.1 Å². The molecule has 1 aromatic heterocycles. The van der Waals surface area contributed by atoms with Crippen molar-refractivity contribution in [2.24, 2.45) is 0 Å². The minimum absolute atomic E-state index is 0.200. The van der Waals surface area contributed by atoms with Crippen molar-refractivity contribution in [1.29, 1.82) is 0 Å². The van der Waals surface area contributed by atoms with Gasteiger partial charge in [0, 0.05) is 42.7 Å². The third-order valence-electron chi connectivity index (χ3n) is 3.43. The zero-order valence-electron chi connectivity index (χ0n) is 12.5. The van der Waals surface area contributed by atoms with Gasteiger partial charge in [-0.05, 0) is 18.6 Å². The molecule has 5 heteroatoms. The Morgan fingerprint density at radius 2 is 2.00 bits per heavy atom. The van der Waals surface area contributed by atoms with Crippen molar-refractivity contribution < 1.29 is 4.92 Å². The van der Waals surface area contributed by atoms with Crippen LogP contribution >= 0.6 is 0 Å². The summed E-state index contributed by atoms with van der Waals surface area (Å²) in [6, 6.07) is 11.5. The minimum Gasteiger partial charge on any atom is -0.350 e. The van der Waals surface area contributed by atoms with Crippen LogP contribution in [-0.4, -0.2) is 15.5 Å². The first-order valence-corrected chi connectivity index (χ1v) is 7.17. The highest BCUT2D eigenvalue weighted by molar-refractivity contribution is 5.39. The normalized spacial score (nSPS) is 11.0. The van der Waals surface area contributed by atoms with E-state index in [1.807, 2.05) is 24.4 Å². The van der Waals surface area contributed by atoms with E-state index in [4.69, 9.17) is 0 Å². The van der Waals surface area contributed by atoms with Gasteiger partial charge in [-0.25, -0.2) is 0 Å². The Morgan fingerprint density at radius 3 is 2.71 bits per heavy atom. The van der Waals surface area contributed by atoms with Gasteiger partial charge < -0.3 is 9.88 Å². The Kier molecular flexibility index (Phi) is 5.11. The zero-order chi connectivity index (χ0) is 15.2. The highest BCUT2D eigenvalue weighted by Gasteiger charge is 2.12. The number of nitrogens with zero attached hydrogens (tertiary/aromatic N) is 2. The van der Waals surface area contributed by atoms with Crippen LogP contribution in [0.5, 0.6) is 0 Å². The Labute approximate surface area is 124 Å². The van der Waals surface area contributed by atoms with Gasteiger partial charge >= 0.3 is 0 Å². The molecule has 0 amide bonds. The molecule has 112 valence electrons. The molecule has 0 fully saturated rings. The van der Waals surface area contributed by atoms with E-state index in [0.29, 0.717) is 12.5 Å². The van der Waals surface area contributed by atoms with Crippen LogP contribution in [0.15, 0.2) is 42.6 Å². The second-order valence-electron chi connectivity index (χ2n) is 5.36. The summed E-state index contributed by atoms with van der Waals surface area (Å²) in [5.74, 6) is 0. The second-order valence-corrected chi connectivity index (χ2v) is 5.36. The maximum absolute atomic E-state index is 11.0.